The van der Waals surface area contributed by atoms with Crippen molar-refractivity contribution in [3.05, 3.63) is 26.7 Å². The van der Waals surface area contributed by atoms with Gasteiger partial charge in [-0.15, -0.1) is 0 Å². The molecular formula is C11H14N4O4. The molecule has 8 nitrogen and oxygen atoms in total. The molecule has 102 valence electrons. The van der Waals surface area contributed by atoms with Crippen LogP contribution in [0.2, 0.25) is 0 Å². The molecule has 19 heavy (non-hydrogen) atoms. The number of nitrogens with one attached hydrogen (secondary N) is 1. The van der Waals surface area contributed by atoms with Crippen LogP contribution in [0.5, 0.6) is 0 Å². The summed E-state index contributed by atoms with van der Waals surface area (Å²) in [5, 5.41) is 8.73. The lowest BCUT2D eigenvalue weighted by Gasteiger charge is -2.04. The van der Waals surface area contributed by atoms with E-state index in [1.54, 1.807) is 0 Å². The number of aromatic nitrogens is 4. The first kappa shape index (κ1) is 13.1. The Balaban J connectivity index is 2.76. The van der Waals surface area contributed by atoms with Gasteiger partial charge >= 0.3 is 11.7 Å². The minimum absolute atomic E-state index is 0.159. The first-order valence-electron chi connectivity index (χ1n) is 5.86. The number of H-pyrrole nitrogens is 1. The first-order chi connectivity index (χ1) is 8.95. The highest BCUT2D eigenvalue weighted by Crippen LogP contribution is 2.05. The van der Waals surface area contributed by atoms with Crippen molar-refractivity contribution in [3.63, 3.8) is 0 Å². The Labute approximate surface area is 107 Å². The van der Waals surface area contributed by atoms with Crippen LogP contribution in [0.25, 0.3) is 11.2 Å². The molecule has 2 rings (SSSR count). The van der Waals surface area contributed by atoms with E-state index in [2.05, 4.69) is 9.97 Å². The highest BCUT2D eigenvalue weighted by Gasteiger charge is 2.16. The molecule has 0 aliphatic carbocycles. The van der Waals surface area contributed by atoms with Gasteiger partial charge in [0.05, 0.1) is 0 Å². The van der Waals surface area contributed by atoms with Gasteiger partial charge in [-0.2, -0.15) is 0 Å². The van der Waals surface area contributed by atoms with Crippen molar-refractivity contribution in [1.82, 2.24) is 19.1 Å². The van der Waals surface area contributed by atoms with Crippen LogP contribution in [0.4, 0.5) is 0 Å². The van der Waals surface area contributed by atoms with Gasteiger partial charge < -0.3 is 10.1 Å². The van der Waals surface area contributed by atoms with Crippen LogP contribution in [0, 0.1) is 0 Å². The Bertz CT molecular complexity index is 752. The second-order valence-electron chi connectivity index (χ2n) is 4.26. The second kappa shape index (κ2) is 4.71. The standard InChI is InChI=1S/C11H14N4O4/c1-3-4-6-12-8-9(13-6)14(2)11(19)15(10(8)18)5-7(16)17/h3-5H2,1-2H3,(H,12,13)(H,16,17). The molecular weight excluding hydrogens is 252 g/mol. The van der Waals surface area contributed by atoms with E-state index in [0.717, 1.165) is 6.42 Å². The maximum absolute atomic E-state index is 12.1. The van der Waals surface area contributed by atoms with Crippen LogP contribution in [0.1, 0.15) is 19.2 Å². The zero-order valence-corrected chi connectivity index (χ0v) is 10.6. The third-order valence-corrected chi connectivity index (χ3v) is 2.81. The number of carboxylic acids is 1. The molecule has 0 aliphatic heterocycles. The van der Waals surface area contributed by atoms with Gasteiger partial charge in [-0.25, -0.2) is 14.3 Å². The van der Waals surface area contributed by atoms with Crippen LogP contribution in [-0.2, 0) is 24.8 Å². The Morgan fingerprint density at radius 2 is 2.11 bits per heavy atom. The third-order valence-electron chi connectivity index (χ3n) is 2.81. The second-order valence-corrected chi connectivity index (χ2v) is 4.26. The monoisotopic (exact) mass is 266 g/mol. The number of aromatic amines is 1. The highest BCUT2D eigenvalue weighted by atomic mass is 16.4. The van der Waals surface area contributed by atoms with E-state index < -0.39 is 23.8 Å². The predicted molar refractivity (Wildman–Crippen MR) is 67.2 cm³/mol. The summed E-state index contributed by atoms with van der Waals surface area (Å²) < 4.78 is 1.86. The number of carboxylic acid groups (broad SMARTS) is 1. The molecule has 0 amide bonds. The lowest BCUT2D eigenvalue weighted by atomic mass is 10.3. The summed E-state index contributed by atoms with van der Waals surface area (Å²) in [7, 11) is 1.46. The number of imidazole rings is 1. The van der Waals surface area contributed by atoms with Crippen molar-refractivity contribution in [2.24, 2.45) is 7.05 Å². The van der Waals surface area contributed by atoms with E-state index in [4.69, 9.17) is 5.11 Å². The minimum atomic E-state index is -1.24. The van der Waals surface area contributed by atoms with Crippen molar-refractivity contribution >= 4 is 17.1 Å². The van der Waals surface area contributed by atoms with E-state index in [9.17, 15) is 14.4 Å². The molecule has 0 fully saturated rings. The van der Waals surface area contributed by atoms with Gasteiger partial charge in [0.15, 0.2) is 5.65 Å². The molecule has 0 radical (unpaired) electrons. The molecule has 2 N–H and O–H groups in total. The summed E-state index contributed by atoms with van der Waals surface area (Å²) in [6, 6.07) is 0. The lowest BCUT2D eigenvalue weighted by Crippen LogP contribution is -2.40. The summed E-state index contributed by atoms with van der Waals surface area (Å²) >= 11 is 0. The maximum Gasteiger partial charge on any atom is 0.333 e. The number of fused-ring (bicyclic) bond motifs is 1. The number of rotatable bonds is 4. The van der Waals surface area contributed by atoms with Crippen molar-refractivity contribution in [3.8, 4) is 0 Å². The molecule has 0 aromatic carbocycles. The summed E-state index contributed by atoms with van der Waals surface area (Å²) in [5.41, 5.74) is -0.934. The highest BCUT2D eigenvalue weighted by molar-refractivity contribution is 5.71. The van der Waals surface area contributed by atoms with Crippen molar-refractivity contribution < 1.29 is 9.90 Å². The van der Waals surface area contributed by atoms with Crippen molar-refractivity contribution in [2.45, 2.75) is 26.3 Å². The zero-order valence-electron chi connectivity index (χ0n) is 10.6. The molecule has 0 atom stereocenters. The van der Waals surface area contributed by atoms with Crippen LogP contribution in [0.3, 0.4) is 0 Å². The summed E-state index contributed by atoms with van der Waals surface area (Å²) in [6.45, 7) is 1.30. The molecule has 0 unspecified atom stereocenters. The van der Waals surface area contributed by atoms with Crippen LogP contribution >= 0.6 is 0 Å². The van der Waals surface area contributed by atoms with Gasteiger partial charge in [0.25, 0.3) is 5.56 Å². The quantitative estimate of drug-likeness (QED) is 0.772. The Morgan fingerprint density at radius 1 is 1.42 bits per heavy atom. The lowest BCUT2D eigenvalue weighted by molar-refractivity contribution is -0.137. The van der Waals surface area contributed by atoms with Crippen LogP contribution in [0.15, 0.2) is 9.59 Å². The first-order valence-corrected chi connectivity index (χ1v) is 5.86. The fourth-order valence-corrected chi connectivity index (χ4v) is 1.93. The largest absolute Gasteiger partial charge is 0.480 e. The SMILES string of the molecule is CCCc1nc2c([nH]1)c(=O)n(CC(=O)O)c(=O)n2C. The van der Waals surface area contributed by atoms with Gasteiger partial charge in [0, 0.05) is 13.5 Å². The summed E-state index contributed by atoms with van der Waals surface area (Å²) in [5.74, 6) is -0.635. The molecule has 2 heterocycles. The van der Waals surface area contributed by atoms with E-state index in [0.29, 0.717) is 16.8 Å². The number of carbonyl (C=O) groups is 1. The molecule has 8 heteroatoms. The fourth-order valence-electron chi connectivity index (χ4n) is 1.93. The van der Waals surface area contributed by atoms with Gasteiger partial charge in [-0.05, 0) is 6.42 Å². The smallest absolute Gasteiger partial charge is 0.333 e. The summed E-state index contributed by atoms with van der Waals surface area (Å²) in [6.07, 6.45) is 1.50. The average molecular weight is 266 g/mol. The Hall–Kier alpha value is -2.38. The fraction of sp³-hybridized carbons (Fsp3) is 0.455. The topological polar surface area (TPSA) is 110 Å². The molecule has 0 aliphatic rings. The van der Waals surface area contributed by atoms with Crippen LogP contribution in [-0.4, -0.2) is 30.2 Å². The van der Waals surface area contributed by atoms with Crippen LogP contribution < -0.4 is 11.2 Å². The number of aryl methyl sites for hydroxylation is 2. The zero-order chi connectivity index (χ0) is 14.2. The van der Waals surface area contributed by atoms with Gasteiger partial charge in [0.2, 0.25) is 0 Å². The molecule has 0 saturated carbocycles. The normalized spacial score (nSPS) is 11.1. The van der Waals surface area contributed by atoms with Crippen molar-refractivity contribution in [2.75, 3.05) is 0 Å². The van der Waals surface area contributed by atoms with E-state index >= 15 is 0 Å². The molecule has 0 saturated heterocycles. The van der Waals surface area contributed by atoms with E-state index in [-0.39, 0.29) is 11.2 Å². The predicted octanol–water partition coefficient (Wildman–Crippen LogP) is -0.540. The summed E-state index contributed by atoms with van der Waals surface area (Å²) in [4.78, 5) is 41.7. The number of nitrogens with zero attached hydrogens (tertiary/aromatic N) is 3. The van der Waals surface area contributed by atoms with Gasteiger partial charge in [-0.3, -0.25) is 14.2 Å². The Kier molecular flexibility index (Phi) is 3.24. The molecule has 2 aromatic heterocycles. The van der Waals surface area contributed by atoms with Gasteiger partial charge in [0.1, 0.15) is 17.9 Å². The Morgan fingerprint density at radius 3 is 2.68 bits per heavy atom. The molecule has 0 bridgehead atoms. The maximum atomic E-state index is 12.1. The molecule has 2 aromatic rings. The minimum Gasteiger partial charge on any atom is -0.480 e. The van der Waals surface area contributed by atoms with Gasteiger partial charge in [-0.1, -0.05) is 6.92 Å². The van der Waals surface area contributed by atoms with E-state index in [1.165, 1.54) is 11.6 Å². The average Bonchev–Trinajstić information content (AvgIpc) is 2.76. The van der Waals surface area contributed by atoms with Crippen molar-refractivity contribution in [1.29, 1.82) is 0 Å². The third kappa shape index (κ3) is 2.16. The van der Waals surface area contributed by atoms with E-state index in [1.807, 2.05) is 6.92 Å². The number of hydrogen-bond acceptors (Lipinski definition) is 4. The molecule has 0 spiro atoms. The number of aliphatic carboxylic acids is 1. The number of hydrogen-bond donors (Lipinski definition) is 2.